The van der Waals surface area contributed by atoms with E-state index in [1.54, 1.807) is 20.1 Å². The molecule has 2 rings (SSSR count). The molecule has 0 amide bonds. The number of hydrogen-bond donors (Lipinski definition) is 1. The van der Waals surface area contributed by atoms with E-state index >= 15 is 0 Å². The lowest BCUT2D eigenvalue weighted by molar-refractivity contribution is 0.191. The number of imidazole rings is 1. The number of methoxy groups -OCH3 is 1. The zero-order chi connectivity index (χ0) is 12.4. The van der Waals surface area contributed by atoms with Crippen LogP contribution in [-0.4, -0.2) is 23.3 Å². The highest BCUT2D eigenvalue weighted by atomic mass is 19.1. The van der Waals surface area contributed by atoms with Crippen LogP contribution < -0.4 is 5.73 Å². The van der Waals surface area contributed by atoms with Gasteiger partial charge in [-0.05, 0) is 25.0 Å². The van der Waals surface area contributed by atoms with Gasteiger partial charge in [0.25, 0.3) is 0 Å². The Bertz CT molecular complexity index is 536. The first-order chi connectivity index (χ1) is 8.13. The number of hydrogen-bond acceptors (Lipinski definition) is 3. The third kappa shape index (κ3) is 2.24. The van der Waals surface area contributed by atoms with Crippen LogP contribution in [0.4, 0.5) is 10.3 Å². The van der Waals surface area contributed by atoms with Crippen LogP contribution >= 0.6 is 0 Å². The van der Waals surface area contributed by atoms with Crippen molar-refractivity contribution >= 4 is 17.0 Å². The second-order valence-electron chi connectivity index (χ2n) is 4.06. The summed E-state index contributed by atoms with van der Waals surface area (Å²) in [5.41, 5.74) is 7.90. The lowest BCUT2D eigenvalue weighted by atomic mass is 10.2. The molecule has 17 heavy (non-hydrogen) atoms. The first kappa shape index (κ1) is 11.9. The fraction of sp³-hybridized carbons (Fsp3) is 0.417. The number of anilines is 1. The molecule has 0 aliphatic heterocycles. The minimum absolute atomic E-state index is 0.251. The number of fused-ring (bicyclic) bond motifs is 1. The number of nitrogen functional groups attached to an aromatic ring is 1. The largest absolute Gasteiger partial charge is 0.385 e. The Hall–Kier alpha value is -1.62. The summed E-state index contributed by atoms with van der Waals surface area (Å²) in [7, 11) is 1.66. The molecule has 2 aromatic rings. The first-order valence-electron chi connectivity index (χ1n) is 5.54. The van der Waals surface area contributed by atoms with Crippen molar-refractivity contribution in [3.05, 3.63) is 23.5 Å². The van der Waals surface area contributed by atoms with E-state index in [0.717, 1.165) is 18.5 Å². The van der Waals surface area contributed by atoms with Gasteiger partial charge in [0.15, 0.2) is 0 Å². The Morgan fingerprint density at radius 2 is 2.24 bits per heavy atom. The second-order valence-corrected chi connectivity index (χ2v) is 4.06. The first-order valence-corrected chi connectivity index (χ1v) is 5.54. The molecular formula is C12H16FN3O. The number of aryl methyl sites for hydroxylation is 2. The van der Waals surface area contributed by atoms with Gasteiger partial charge in [-0.25, -0.2) is 9.37 Å². The average Bonchev–Trinajstić information content (AvgIpc) is 2.57. The fourth-order valence-electron chi connectivity index (χ4n) is 1.87. The molecule has 0 radical (unpaired) electrons. The minimum Gasteiger partial charge on any atom is -0.385 e. The Balaban J connectivity index is 2.40. The summed E-state index contributed by atoms with van der Waals surface area (Å²) in [6.45, 7) is 3.12. The highest BCUT2D eigenvalue weighted by Gasteiger charge is 2.10. The molecule has 0 aliphatic carbocycles. The van der Waals surface area contributed by atoms with Gasteiger partial charge < -0.3 is 15.0 Å². The van der Waals surface area contributed by atoms with Crippen molar-refractivity contribution in [1.29, 1.82) is 0 Å². The summed E-state index contributed by atoms with van der Waals surface area (Å²) in [5, 5.41) is 0. The molecule has 1 aromatic carbocycles. The number of benzene rings is 1. The van der Waals surface area contributed by atoms with Gasteiger partial charge >= 0.3 is 0 Å². The number of ether oxygens (including phenoxy) is 1. The smallest absolute Gasteiger partial charge is 0.201 e. The summed E-state index contributed by atoms with van der Waals surface area (Å²) in [4.78, 5) is 4.15. The summed E-state index contributed by atoms with van der Waals surface area (Å²) in [6.07, 6.45) is 0.850. The molecule has 4 nitrogen and oxygen atoms in total. The maximum atomic E-state index is 13.4. The topological polar surface area (TPSA) is 53.1 Å². The van der Waals surface area contributed by atoms with Gasteiger partial charge in [0.1, 0.15) is 5.82 Å². The zero-order valence-corrected chi connectivity index (χ0v) is 10.0. The molecule has 1 aromatic heterocycles. The minimum atomic E-state index is -0.251. The summed E-state index contributed by atoms with van der Waals surface area (Å²) < 4.78 is 20.3. The Morgan fingerprint density at radius 1 is 1.47 bits per heavy atom. The molecule has 0 saturated carbocycles. The molecular weight excluding hydrogens is 221 g/mol. The predicted octanol–water partition coefficient (Wildman–Crippen LogP) is 2.10. The fourth-order valence-corrected chi connectivity index (χ4v) is 1.87. The molecule has 0 bridgehead atoms. The van der Waals surface area contributed by atoms with Crippen molar-refractivity contribution in [2.75, 3.05) is 19.5 Å². The van der Waals surface area contributed by atoms with Crippen LogP contribution in [0.5, 0.6) is 0 Å². The van der Waals surface area contributed by atoms with E-state index in [1.165, 1.54) is 6.07 Å². The number of aromatic nitrogens is 2. The van der Waals surface area contributed by atoms with Crippen molar-refractivity contribution in [1.82, 2.24) is 9.55 Å². The summed E-state index contributed by atoms with van der Waals surface area (Å²) in [5.74, 6) is 0.167. The lowest BCUT2D eigenvalue weighted by Crippen LogP contribution is -2.05. The normalized spacial score (nSPS) is 11.2. The Labute approximate surface area is 99.2 Å². The van der Waals surface area contributed by atoms with Gasteiger partial charge in [0.05, 0.1) is 11.0 Å². The summed E-state index contributed by atoms with van der Waals surface area (Å²) in [6, 6.07) is 3.20. The molecule has 5 heteroatoms. The van der Waals surface area contributed by atoms with Gasteiger partial charge in [-0.3, -0.25) is 0 Å². The van der Waals surface area contributed by atoms with Crippen molar-refractivity contribution in [3.8, 4) is 0 Å². The molecule has 0 saturated heterocycles. The highest BCUT2D eigenvalue weighted by molar-refractivity contribution is 5.79. The van der Waals surface area contributed by atoms with Crippen LogP contribution in [0.2, 0.25) is 0 Å². The molecule has 0 aliphatic rings. The van der Waals surface area contributed by atoms with Crippen LogP contribution in [0.15, 0.2) is 12.1 Å². The van der Waals surface area contributed by atoms with Crippen LogP contribution in [0.25, 0.3) is 11.0 Å². The second kappa shape index (κ2) is 4.71. The van der Waals surface area contributed by atoms with Gasteiger partial charge in [-0.2, -0.15) is 0 Å². The van der Waals surface area contributed by atoms with Gasteiger partial charge in [0.2, 0.25) is 5.95 Å². The van der Waals surface area contributed by atoms with Crippen molar-refractivity contribution in [3.63, 3.8) is 0 Å². The molecule has 1 heterocycles. The molecule has 92 valence electrons. The van der Waals surface area contributed by atoms with Gasteiger partial charge in [0, 0.05) is 26.3 Å². The highest BCUT2D eigenvalue weighted by Crippen LogP contribution is 2.21. The average molecular weight is 237 g/mol. The lowest BCUT2D eigenvalue weighted by Gasteiger charge is -2.06. The molecule has 0 spiro atoms. The van der Waals surface area contributed by atoms with E-state index in [-0.39, 0.29) is 5.82 Å². The number of nitrogens with zero attached hydrogens (tertiary/aromatic N) is 2. The third-order valence-corrected chi connectivity index (χ3v) is 2.79. The van der Waals surface area contributed by atoms with E-state index < -0.39 is 0 Å². The maximum Gasteiger partial charge on any atom is 0.201 e. The van der Waals surface area contributed by atoms with E-state index in [1.807, 2.05) is 4.57 Å². The van der Waals surface area contributed by atoms with Gasteiger partial charge in [-0.1, -0.05) is 0 Å². The van der Waals surface area contributed by atoms with Gasteiger partial charge in [-0.15, -0.1) is 0 Å². The van der Waals surface area contributed by atoms with Crippen LogP contribution in [-0.2, 0) is 11.3 Å². The van der Waals surface area contributed by atoms with E-state index in [2.05, 4.69) is 4.98 Å². The number of nitrogens with two attached hydrogens (primary N) is 1. The third-order valence-electron chi connectivity index (χ3n) is 2.79. The SMILES string of the molecule is COCCCn1c(N)nc2cc(F)c(C)cc21. The molecule has 0 atom stereocenters. The monoisotopic (exact) mass is 237 g/mol. The Kier molecular flexibility index (Phi) is 3.28. The summed E-state index contributed by atoms with van der Waals surface area (Å²) >= 11 is 0. The quantitative estimate of drug-likeness (QED) is 0.828. The zero-order valence-electron chi connectivity index (χ0n) is 10.0. The number of halogens is 1. The van der Waals surface area contributed by atoms with Crippen molar-refractivity contribution < 1.29 is 9.13 Å². The molecule has 0 fully saturated rings. The molecule has 0 unspecified atom stereocenters. The van der Waals surface area contributed by atoms with Crippen LogP contribution in [0, 0.1) is 12.7 Å². The van der Waals surface area contributed by atoms with Crippen molar-refractivity contribution in [2.45, 2.75) is 19.9 Å². The Morgan fingerprint density at radius 3 is 2.94 bits per heavy atom. The standard InChI is InChI=1S/C12H16FN3O/c1-8-6-11-10(7-9(8)13)15-12(14)16(11)4-3-5-17-2/h6-7H,3-5H2,1-2H3,(H2,14,15). The van der Waals surface area contributed by atoms with Crippen molar-refractivity contribution in [2.24, 2.45) is 0 Å². The molecule has 2 N–H and O–H groups in total. The van der Waals surface area contributed by atoms with Crippen LogP contribution in [0.3, 0.4) is 0 Å². The van der Waals surface area contributed by atoms with E-state index in [0.29, 0.717) is 23.6 Å². The maximum absolute atomic E-state index is 13.4. The number of rotatable bonds is 4. The van der Waals surface area contributed by atoms with E-state index in [4.69, 9.17) is 10.5 Å². The van der Waals surface area contributed by atoms with E-state index in [9.17, 15) is 4.39 Å². The predicted molar refractivity (Wildman–Crippen MR) is 65.3 cm³/mol. The van der Waals surface area contributed by atoms with Crippen LogP contribution in [0.1, 0.15) is 12.0 Å².